The number of aryl methyl sites for hydroxylation is 2. The fourth-order valence-electron chi connectivity index (χ4n) is 3.70. The highest BCUT2D eigenvalue weighted by Gasteiger charge is 2.23. The summed E-state index contributed by atoms with van der Waals surface area (Å²) in [5.74, 6) is 0.232. The monoisotopic (exact) mass is 493 g/mol. The van der Waals surface area contributed by atoms with Crippen molar-refractivity contribution in [2.45, 2.75) is 33.8 Å². The van der Waals surface area contributed by atoms with Crippen molar-refractivity contribution in [2.24, 2.45) is 0 Å². The zero-order chi connectivity index (χ0) is 25.1. The van der Waals surface area contributed by atoms with Gasteiger partial charge in [0.25, 0.3) is 11.9 Å². The molecule has 0 spiro atoms. The summed E-state index contributed by atoms with van der Waals surface area (Å²) in [7, 11) is 1.60. The second-order valence-electron chi connectivity index (χ2n) is 8.07. The van der Waals surface area contributed by atoms with E-state index in [1.165, 1.54) is 21.7 Å². The molecule has 0 saturated heterocycles. The summed E-state index contributed by atoms with van der Waals surface area (Å²) in [6.07, 6.45) is 0.699. The lowest BCUT2D eigenvalue weighted by Gasteiger charge is -2.19. The molecular weight excluding hydrogens is 469 g/mol. The van der Waals surface area contributed by atoms with E-state index < -0.39 is 5.82 Å². The SMILES string of the molecule is CCc1c(C)nc(-n2nc(C)cc2N(C)C(=O)c2ccc(F)c(Cl)c2)nc1OCc1ccccc1. The van der Waals surface area contributed by atoms with E-state index in [1.54, 1.807) is 13.1 Å². The van der Waals surface area contributed by atoms with Crippen molar-refractivity contribution in [1.82, 2.24) is 19.7 Å². The zero-order valence-corrected chi connectivity index (χ0v) is 20.7. The molecule has 4 aromatic rings. The van der Waals surface area contributed by atoms with Crippen LogP contribution in [-0.4, -0.2) is 32.7 Å². The molecule has 0 aliphatic heterocycles. The van der Waals surface area contributed by atoms with Crippen LogP contribution in [0.1, 0.15) is 39.8 Å². The molecular formula is C26H25ClFN5O2. The molecule has 0 bridgehead atoms. The van der Waals surface area contributed by atoms with Crippen molar-refractivity contribution in [3.8, 4) is 11.8 Å². The van der Waals surface area contributed by atoms with Gasteiger partial charge in [0.15, 0.2) is 0 Å². The third-order valence-corrected chi connectivity index (χ3v) is 5.84. The molecule has 2 aromatic carbocycles. The van der Waals surface area contributed by atoms with Crippen LogP contribution in [-0.2, 0) is 13.0 Å². The molecule has 7 nitrogen and oxygen atoms in total. The largest absolute Gasteiger partial charge is 0.472 e. The van der Waals surface area contributed by atoms with Crippen LogP contribution in [0.3, 0.4) is 0 Å². The van der Waals surface area contributed by atoms with Gasteiger partial charge >= 0.3 is 0 Å². The van der Waals surface area contributed by atoms with Gasteiger partial charge in [-0.15, -0.1) is 0 Å². The van der Waals surface area contributed by atoms with Crippen LogP contribution in [0, 0.1) is 19.7 Å². The number of carbonyl (C=O) groups is 1. The summed E-state index contributed by atoms with van der Waals surface area (Å²) in [4.78, 5) is 23.8. The van der Waals surface area contributed by atoms with Crippen molar-refractivity contribution in [3.63, 3.8) is 0 Å². The summed E-state index contributed by atoms with van der Waals surface area (Å²) in [6.45, 7) is 6.08. The average Bonchev–Trinajstić information content (AvgIpc) is 3.25. The minimum absolute atomic E-state index is 0.122. The predicted molar refractivity (Wildman–Crippen MR) is 133 cm³/mol. The molecule has 4 rings (SSSR count). The van der Waals surface area contributed by atoms with Crippen LogP contribution in [0.2, 0.25) is 5.02 Å². The van der Waals surface area contributed by atoms with Crippen LogP contribution < -0.4 is 9.64 Å². The lowest BCUT2D eigenvalue weighted by Crippen LogP contribution is -2.29. The van der Waals surface area contributed by atoms with Gasteiger partial charge in [0.2, 0.25) is 5.88 Å². The topological polar surface area (TPSA) is 73.1 Å². The Morgan fingerprint density at radius 1 is 1.11 bits per heavy atom. The second kappa shape index (κ2) is 10.2. The maximum atomic E-state index is 13.6. The fraction of sp³-hybridized carbons (Fsp3) is 0.231. The number of benzene rings is 2. The van der Waals surface area contributed by atoms with Crippen LogP contribution in [0.25, 0.3) is 5.95 Å². The predicted octanol–water partition coefficient (Wildman–Crippen LogP) is 5.49. The van der Waals surface area contributed by atoms with E-state index in [9.17, 15) is 9.18 Å². The van der Waals surface area contributed by atoms with E-state index in [2.05, 4.69) is 15.1 Å². The summed E-state index contributed by atoms with van der Waals surface area (Å²) in [6, 6.07) is 15.4. The Labute approximate surface area is 208 Å². The van der Waals surface area contributed by atoms with Crippen LogP contribution in [0.4, 0.5) is 10.2 Å². The Morgan fingerprint density at radius 2 is 1.86 bits per heavy atom. The zero-order valence-electron chi connectivity index (χ0n) is 19.9. The normalized spacial score (nSPS) is 10.9. The molecule has 35 heavy (non-hydrogen) atoms. The van der Waals surface area contributed by atoms with Gasteiger partial charge in [-0.25, -0.2) is 9.37 Å². The Balaban J connectivity index is 1.70. The van der Waals surface area contributed by atoms with Gasteiger partial charge in [-0.3, -0.25) is 9.69 Å². The molecule has 0 aliphatic carbocycles. The van der Waals surface area contributed by atoms with Gasteiger partial charge in [0.1, 0.15) is 18.2 Å². The van der Waals surface area contributed by atoms with Gasteiger partial charge in [0, 0.05) is 29.9 Å². The Hall–Kier alpha value is -3.78. The number of rotatable bonds is 7. The molecule has 2 heterocycles. The quantitative estimate of drug-likeness (QED) is 0.340. The van der Waals surface area contributed by atoms with Crippen molar-refractivity contribution < 1.29 is 13.9 Å². The average molecular weight is 494 g/mol. The number of amides is 1. The maximum absolute atomic E-state index is 13.6. The molecule has 0 fully saturated rings. The van der Waals surface area contributed by atoms with Crippen LogP contribution >= 0.6 is 11.6 Å². The number of carbonyl (C=O) groups excluding carboxylic acids is 1. The minimum atomic E-state index is -0.588. The standard InChI is InChI=1S/C26H25ClFN5O2/c1-5-20-17(3)29-26(30-24(20)35-15-18-9-7-6-8-10-18)33-23(13-16(2)31-33)32(4)25(34)19-11-12-22(28)21(27)14-19/h6-14H,5,15H2,1-4H3. The van der Waals surface area contributed by atoms with E-state index in [1.807, 2.05) is 51.1 Å². The number of hydrogen-bond acceptors (Lipinski definition) is 5. The number of nitrogens with zero attached hydrogens (tertiary/aromatic N) is 5. The fourth-order valence-corrected chi connectivity index (χ4v) is 3.88. The second-order valence-corrected chi connectivity index (χ2v) is 8.48. The third-order valence-electron chi connectivity index (χ3n) is 5.55. The first-order valence-corrected chi connectivity index (χ1v) is 11.5. The van der Waals surface area contributed by atoms with Crippen LogP contribution in [0.15, 0.2) is 54.6 Å². The van der Waals surface area contributed by atoms with Gasteiger partial charge in [-0.2, -0.15) is 14.8 Å². The van der Waals surface area contributed by atoms with Crippen molar-refractivity contribution in [3.05, 3.63) is 93.5 Å². The number of aromatic nitrogens is 4. The van der Waals surface area contributed by atoms with Crippen molar-refractivity contribution >= 4 is 23.3 Å². The third kappa shape index (κ3) is 5.17. The molecule has 0 aliphatic rings. The number of hydrogen-bond donors (Lipinski definition) is 0. The highest BCUT2D eigenvalue weighted by atomic mass is 35.5. The lowest BCUT2D eigenvalue weighted by molar-refractivity contribution is 0.0991. The van der Waals surface area contributed by atoms with Crippen LogP contribution in [0.5, 0.6) is 5.88 Å². The molecule has 1 amide bonds. The van der Waals surface area contributed by atoms with Gasteiger partial charge in [-0.05, 0) is 44.0 Å². The number of ether oxygens (including phenoxy) is 1. The first kappa shape index (κ1) is 24.3. The minimum Gasteiger partial charge on any atom is -0.472 e. The molecule has 2 aromatic heterocycles. The Morgan fingerprint density at radius 3 is 2.54 bits per heavy atom. The van der Waals surface area contributed by atoms with Crippen molar-refractivity contribution in [1.29, 1.82) is 0 Å². The van der Waals surface area contributed by atoms with E-state index in [0.29, 0.717) is 30.4 Å². The summed E-state index contributed by atoms with van der Waals surface area (Å²) in [5.41, 5.74) is 3.60. The van der Waals surface area contributed by atoms with Crippen molar-refractivity contribution in [2.75, 3.05) is 11.9 Å². The first-order valence-electron chi connectivity index (χ1n) is 11.1. The summed E-state index contributed by atoms with van der Waals surface area (Å²) in [5, 5.41) is 4.40. The van der Waals surface area contributed by atoms with Gasteiger partial charge < -0.3 is 4.74 Å². The maximum Gasteiger partial charge on any atom is 0.259 e. The molecule has 0 atom stereocenters. The van der Waals surface area contributed by atoms with E-state index in [4.69, 9.17) is 16.3 Å². The first-order chi connectivity index (χ1) is 16.8. The van der Waals surface area contributed by atoms with E-state index in [0.717, 1.165) is 22.9 Å². The lowest BCUT2D eigenvalue weighted by atomic mass is 10.2. The highest BCUT2D eigenvalue weighted by Crippen LogP contribution is 2.26. The number of halogens is 2. The number of anilines is 1. The molecule has 0 radical (unpaired) electrons. The van der Waals surface area contributed by atoms with Gasteiger partial charge in [0.05, 0.1) is 10.7 Å². The molecule has 9 heteroatoms. The Bertz CT molecular complexity index is 1370. The molecule has 180 valence electrons. The molecule has 0 unspecified atom stereocenters. The highest BCUT2D eigenvalue weighted by molar-refractivity contribution is 6.31. The van der Waals surface area contributed by atoms with E-state index >= 15 is 0 Å². The smallest absolute Gasteiger partial charge is 0.259 e. The molecule has 0 N–H and O–H groups in total. The van der Waals surface area contributed by atoms with E-state index in [-0.39, 0.29) is 22.4 Å². The molecule has 0 saturated carbocycles. The van der Waals surface area contributed by atoms with Gasteiger partial charge in [-0.1, -0.05) is 48.9 Å². The summed E-state index contributed by atoms with van der Waals surface area (Å²) >= 11 is 5.88. The summed E-state index contributed by atoms with van der Waals surface area (Å²) < 4.78 is 21.2. The Kier molecular flexibility index (Phi) is 7.12.